The Morgan fingerprint density at radius 2 is 0.486 bits per heavy atom. The third-order valence-corrected chi connectivity index (χ3v) is 26.0. The largest absolute Gasteiger partial charge is 0.431 e. The fraction of sp³-hybridized carbons (Fsp3) is 0.0725. The number of hydrogen-bond donors (Lipinski definition) is 0. The minimum absolute atomic E-state index is 0.163. The first-order valence-corrected chi connectivity index (χ1v) is 26.5. The molecule has 0 fully saturated rings. The van der Waals surface area contributed by atoms with Crippen molar-refractivity contribution < 1.29 is 14.3 Å². The molecular weight excluding hydrogens is 877 g/mol. The maximum Gasteiger partial charge on any atom is 0.307 e. The van der Waals surface area contributed by atoms with Gasteiger partial charge in [-0.3, -0.25) is 9.59 Å². The molecule has 28 aromatic rings. The molecule has 0 N–H and O–H groups in total. The zero-order valence-electron chi connectivity index (χ0n) is 36.6. The predicted molar refractivity (Wildman–Crippen MR) is 295 cm³/mol. The Bertz CT molecular complexity index is 7320. The van der Waals surface area contributed by atoms with Crippen LogP contribution in [0.25, 0.3) is 291 Å². The maximum atomic E-state index is 16.2. The quantitative estimate of drug-likeness (QED) is 0.122. The number of carbonyl (C=O) groups is 2. The second-order valence-electron chi connectivity index (χ2n) is 26.2. The van der Waals surface area contributed by atoms with Crippen LogP contribution in [-0.2, 0) is 25.2 Å². The van der Waals surface area contributed by atoms with Crippen molar-refractivity contribution in [2.45, 2.75) is 17.8 Å². The Kier molecular flexibility index (Phi) is 2.25. The van der Waals surface area contributed by atoms with Gasteiger partial charge >= 0.3 is 5.97 Å². The molecule has 7 aliphatic carbocycles. The van der Waals surface area contributed by atoms with Crippen LogP contribution >= 0.6 is 0 Å². The Morgan fingerprint density at radius 3 is 0.681 bits per heavy atom. The molecule has 35 rings (SSSR count). The number of fused-ring (bicyclic) bond motifs is 1. The van der Waals surface area contributed by atoms with Crippen LogP contribution in [0.1, 0.15) is 29.2 Å². The van der Waals surface area contributed by atoms with Crippen molar-refractivity contribution in [3.63, 3.8) is 0 Å². The van der Waals surface area contributed by atoms with Gasteiger partial charge in [-0.15, -0.1) is 0 Å². The maximum absolute atomic E-state index is 16.2. The van der Waals surface area contributed by atoms with E-state index in [1.165, 1.54) is 119 Å². The minimum Gasteiger partial charge on any atom is -0.431 e. The van der Waals surface area contributed by atoms with E-state index in [9.17, 15) is 4.79 Å². The van der Waals surface area contributed by atoms with Gasteiger partial charge in [-0.25, -0.2) is 0 Å². The smallest absolute Gasteiger partial charge is 0.307 e. The summed E-state index contributed by atoms with van der Waals surface area (Å²) >= 11 is 0. The number of rotatable bonds is 1. The highest BCUT2D eigenvalue weighted by Crippen LogP contribution is 2.87. The monoisotopic (exact) mass is 884 g/mol. The molecule has 7 aliphatic rings. The van der Waals surface area contributed by atoms with Crippen LogP contribution in [0.5, 0.6) is 0 Å². The van der Waals surface area contributed by atoms with Crippen LogP contribution in [0.15, 0.2) is 24.0 Å². The highest BCUT2D eigenvalue weighted by molar-refractivity contribution is 6.82. The van der Waals surface area contributed by atoms with Crippen molar-refractivity contribution in [3.8, 4) is 0 Å². The van der Waals surface area contributed by atoms with Crippen LogP contribution in [-0.4, -0.2) is 11.8 Å². The molecule has 0 aromatic heterocycles. The average molecular weight is 885 g/mol. The number of carbonyl (C=O) groups excluding carboxylic acids is 2. The molecule has 0 saturated heterocycles. The van der Waals surface area contributed by atoms with E-state index in [0.29, 0.717) is 5.76 Å². The molecule has 0 heterocycles. The zero-order chi connectivity index (χ0) is 43.2. The van der Waals surface area contributed by atoms with Gasteiger partial charge in [-0.2, -0.15) is 0 Å². The molecule has 0 amide bonds. The third-order valence-electron chi connectivity index (χ3n) is 26.0. The molecule has 0 radical (unpaired) electrons. The Labute approximate surface area is 390 Å². The van der Waals surface area contributed by atoms with E-state index >= 15 is 4.79 Å². The van der Waals surface area contributed by atoms with E-state index < -0.39 is 16.7 Å². The average Bonchev–Trinajstić information content (AvgIpc) is 4.40. The van der Waals surface area contributed by atoms with Crippen LogP contribution in [0.4, 0.5) is 0 Å². The van der Waals surface area contributed by atoms with Crippen molar-refractivity contribution in [2.24, 2.45) is 11.8 Å². The summed E-state index contributed by atoms with van der Waals surface area (Å²) in [6.45, 7) is 1.58. The molecule has 28 aromatic carbocycles. The first kappa shape index (κ1) is 26.9. The Balaban J connectivity index is 1.18. The lowest BCUT2D eigenvalue weighted by molar-refractivity contribution is -0.138. The zero-order valence-corrected chi connectivity index (χ0v) is 36.6. The molecule has 2 spiro atoms. The highest BCUT2D eigenvalue weighted by atomic mass is 16.5. The second kappa shape index (κ2) is 6.02. The van der Waals surface area contributed by atoms with Gasteiger partial charge in [0.1, 0.15) is 5.76 Å². The van der Waals surface area contributed by atoms with E-state index in [2.05, 4.69) is 12.2 Å². The number of ketones is 1. The van der Waals surface area contributed by atoms with Gasteiger partial charge in [0.05, 0.1) is 22.7 Å². The highest BCUT2D eigenvalue weighted by Gasteiger charge is 2.76. The van der Waals surface area contributed by atoms with Gasteiger partial charge in [0.15, 0.2) is 5.78 Å². The molecule has 2 bridgehead atoms. The van der Waals surface area contributed by atoms with Crippen LogP contribution in [0.2, 0.25) is 0 Å². The number of hydrogen-bond acceptors (Lipinski definition) is 3. The van der Waals surface area contributed by atoms with Crippen LogP contribution in [0.3, 0.4) is 0 Å². The molecule has 2 atom stereocenters. The number of allylic oxidation sites excluding steroid dienone is 3. The van der Waals surface area contributed by atoms with Crippen molar-refractivity contribution in [1.82, 2.24) is 0 Å². The van der Waals surface area contributed by atoms with E-state index in [-0.39, 0.29) is 17.7 Å². The molecule has 72 heavy (non-hydrogen) atoms. The summed E-state index contributed by atoms with van der Waals surface area (Å²) < 4.78 is 6.72. The molecule has 0 aliphatic heterocycles. The van der Waals surface area contributed by atoms with E-state index in [0.717, 1.165) is 0 Å². The van der Waals surface area contributed by atoms with Gasteiger partial charge in [-0.1, -0.05) is 6.08 Å². The van der Waals surface area contributed by atoms with E-state index in [1.807, 2.05) is 6.08 Å². The van der Waals surface area contributed by atoms with E-state index in [4.69, 9.17) is 4.74 Å². The number of benzene rings is 18. The van der Waals surface area contributed by atoms with Crippen molar-refractivity contribution in [1.29, 1.82) is 0 Å². The lowest BCUT2D eigenvalue weighted by Gasteiger charge is -2.60. The van der Waals surface area contributed by atoms with Gasteiger partial charge < -0.3 is 4.74 Å². The van der Waals surface area contributed by atoms with Gasteiger partial charge in [0.2, 0.25) is 0 Å². The number of ether oxygens (including phenoxy) is 1. The van der Waals surface area contributed by atoms with Crippen molar-refractivity contribution in [3.05, 3.63) is 46.2 Å². The SMILES string of the molecule is CC(=O)OC1=C[C@H]2C(=O)C=C[C@@H]1C13c4c5c6c7c8c9c(c%10c%11c1c1c4c4c%12c5c5c6c6c8c8c%13c9c9c%10c%10c%11c%11c1c1c4c4c%12c%12c5c5c6c8c6c8c%13c9c9c%10c%10c%11c1c1c4c4c%12c5c6c5c8c9c%10c1c45)C723. The van der Waals surface area contributed by atoms with Crippen LogP contribution < -0.4 is 0 Å². The summed E-state index contributed by atoms with van der Waals surface area (Å²) in [5.41, 5.74) is 4.44. The summed E-state index contributed by atoms with van der Waals surface area (Å²) in [7, 11) is 0. The molecule has 3 heteroatoms. The summed E-state index contributed by atoms with van der Waals surface area (Å²) in [5, 5.41) is 83.6. The normalized spacial score (nSPS) is 25.0. The van der Waals surface area contributed by atoms with E-state index in [1.54, 1.807) is 201 Å². The lowest BCUT2D eigenvalue weighted by Crippen LogP contribution is -2.62. The topological polar surface area (TPSA) is 43.4 Å². The molecule has 0 unspecified atom stereocenters. The van der Waals surface area contributed by atoms with Crippen LogP contribution in [0, 0.1) is 11.8 Å². The minimum atomic E-state index is -0.757. The molecule has 0 saturated carbocycles. The summed E-state index contributed by atoms with van der Waals surface area (Å²) in [5.74, 6) is -0.361. The molecular formula is C69H8O3. The van der Waals surface area contributed by atoms with Gasteiger partial charge in [0.25, 0.3) is 0 Å². The molecule has 302 valence electrons. The number of esters is 1. The first-order chi connectivity index (χ1) is 35.7. The fourth-order valence-electron chi connectivity index (χ4n) is 26.2. The summed E-state index contributed by atoms with van der Waals surface area (Å²) in [4.78, 5) is 29.9. The third kappa shape index (κ3) is 1.40. The van der Waals surface area contributed by atoms with Crippen molar-refractivity contribution >= 4 is 303 Å². The second-order valence-corrected chi connectivity index (χ2v) is 26.2. The van der Waals surface area contributed by atoms with Gasteiger partial charge in [0, 0.05) is 6.92 Å². The predicted octanol–water partition coefficient (Wildman–Crippen LogP) is 17.1. The summed E-state index contributed by atoms with van der Waals surface area (Å²) in [6, 6.07) is 0. The first-order valence-electron chi connectivity index (χ1n) is 26.5. The Morgan fingerprint density at radius 1 is 0.306 bits per heavy atom. The van der Waals surface area contributed by atoms with Gasteiger partial charge in [-0.05, 0) is 325 Å². The summed E-state index contributed by atoms with van der Waals surface area (Å²) in [6.07, 6.45) is 6.47. The standard InChI is InChI=1S/C69H8O3/c1-5(70)72-9-4-7-8(71)3-2-6(9)68-64-56-48-38-28-20-12-10-11-14-18-16(12)24-32-26(18)36-30-22(14)23-15(11)19-17-13(10)21(20)29-35-25(17)33-27(19)37-31(23)41-40(30)50-44(36)54-46(32)52(42(48)34(24)28)58(64)62(54)66-60(50)61-51(41)45(37)55-47(33)53-43(35)49(39(29)38)57(56)65(68)59(53)63(55)67(61)69(7,66)68/h2-4,6-7H,1H3/t6-,7-,68?,69?/m0/s1. The fourth-order valence-corrected chi connectivity index (χ4v) is 26.2. The molecule has 3 nitrogen and oxygen atoms in total. The van der Waals surface area contributed by atoms with Crippen molar-refractivity contribution in [2.75, 3.05) is 0 Å². The lowest BCUT2D eigenvalue weighted by atomic mass is 9.39. The Hall–Kier alpha value is -8.92.